The van der Waals surface area contributed by atoms with Crippen molar-refractivity contribution >= 4 is 5.91 Å². The molecule has 1 aliphatic heterocycles. The number of hydrogen-bond donors (Lipinski definition) is 1. The number of rotatable bonds is 4. The van der Waals surface area contributed by atoms with Crippen LogP contribution in [0.15, 0.2) is 10.6 Å². The first-order valence-electron chi connectivity index (χ1n) is 7.91. The third-order valence-corrected chi connectivity index (χ3v) is 5.03. The Labute approximate surface area is 126 Å². The molecule has 1 aliphatic carbocycles. The van der Waals surface area contributed by atoms with E-state index in [4.69, 9.17) is 4.52 Å². The minimum atomic E-state index is -0.114. The van der Waals surface area contributed by atoms with Gasteiger partial charge in [0.15, 0.2) is 5.69 Å². The lowest BCUT2D eigenvalue weighted by atomic mass is 10.1. The Morgan fingerprint density at radius 2 is 2.19 bits per heavy atom. The van der Waals surface area contributed by atoms with E-state index in [1.54, 1.807) is 0 Å². The van der Waals surface area contributed by atoms with E-state index in [1.165, 1.54) is 0 Å². The Bertz CT molecular complexity index is 533. The third-order valence-electron chi connectivity index (χ3n) is 5.03. The van der Waals surface area contributed by atoms with Crippen LogP contribution in [0.3, 0.4) is 0 Å². The standard InChI is InChI=1S/C16H25N3O2/c1-10(2)19-8-11(3)13(9-19)17-15(20)12-7-14(21-18-12)16(4)5-6-16/h7,10-11,13H,5-6,8-9H2,1-4H3,(H,17,20)/t11-,13-/m0/s1. The Balaban J connectivity index is 1.62. The summed E-state index contributed by atoms with van der Waals surface area (Å²) in [4.78, 5) is 14.7. The molecule has 1 aromatic rings. The van der Waals surface area contributed by atoms with Gasteiger partial charge < -0.3 is 9.84 Å². The average Bonchev–Trinajstić information content (AvgIpc) is 2.89. The van der Waals surface area contributed by atoms with Crippen molar-refractivity contribution < 1.29 is 9.32 Å². The predicted octanol–water partition coefficient (Wildman–Crippen LogP) is 2.18. The fourth-order valence-electron chi connectivity index (χ4n) is 2.96. The molecule has 2 fully saturated rings. The van der Waals surface area contributed by atoms with Gasteiger partial charge in [-0.3, -0.25) is 9.69 Å². The predicted molar refractivity (Wildman–Crippen MR) is 80.2 cm³/mol. The van der Waals surface area contributed by atoms with Crippen LogP contribution in [-0.2, 0) is 5.41 Å². The SMILES string of the molecule is CC(C)N1C[C@H](NC(=O)c2cc(C3(C)CC3)on2)[C@@H](C)C1. The lowest BCUT2D eigenvalue weighted by Crippen LogP contribution is -2.40. The van der Waals surface area contributed by atoms with Gasteiger partial charge in [-0.25, -0.2) is 0 Å². The van der Waals surface area contributed by atoms with Crippen molar-refractivity contribution in [2.24, 2.45) is 5.92 Å². The number of likely N-dealkylation sites (tertiary alicyclic amines) is 1. The van der Waals surface area contributed by atoms with E-state index in [1.807, 2.05) is 6.07 Å². The van der Waals surface area contributed by atoms with Crippen molar-refractivity contribution in [2.45, 2.75) is 58.0 Å². The summed E-state index contributed by atoms with van der Waals surface area (Å²) in [5.74, 6) is 1.19. The van der Waals surface area contributed by atoms with Crippen LogP contribution in [0.2, 0.25) is 0 Å². The number of nitrogens with one attached hydrogen (secondary N) is 1. The zero-order chi connectivity index (χ0) is 15.2. The van der Waals surface area contributed by atoms with Crippen LogP contribution in [0.5, 0.6) is 0 Å². The number of amides is 1. The molecule has 116 valence electrons. The monoisotopic (exact) mass is 291 g/mol. The second-order valence-electron chi connectivity index (χ2n) is 7.24. The molecule has 0 spiro atoms. The van der Waals surface area contributed by atoms with Crippen LogP contribution in [-0.4, -0.2) is 41.1 Å². The summed E-state index contributed by atoms with van der Waals surface area (Å²) in [7, 11) is 0. The Morgan fingerprint density at radius 3 is 2.76 bits per heavy atom. The van der Waals surface area contributed by atoms with Gasteiger partial charge in [0.25, 0.3) is 5.91 Å². The first kappa shape index (κ1) is 14.6. The minimum Gasteiger partial charge on any atom is -0.360 e. The van der Waals surface area contributed by atoms with E-state index >= 15 is 0 Å². The lowest BCUT2D eigenvalue weighted by molar-refractivity contribution is 0.0921. The molecule has 21 heavy (non-hydrogen) atoms. The molecule has 1 saturated heterocycles. The van der Waals surface area contributed by atoms with Gasteiger partial charge in [-0.15, -0.1) is 0 Å². The summed E-state index contributed by atoms with van der Waals surface area (Å²) in [6, 6.07) is 2.52. The van der Waals surface area contributed by atoms with Crippen LogP contribution in [0.25, 0.3) is 0 Å². The summed E-state index contributed by atoms with van der Waals surface area (Å²) in [6.45, 7) is 10.7. The lowest BCUT2D eigenvalue weighted by Gasteiger charge is -2.20. The zero-order valence-corrected chi connectivity index (χ0v) is 13.3. The van der Waals surface area contributed by atoms with Gasteiger partial charge >= 0.3 is 0 Å². The van der Waals surface area contributed by atoms with Gasteiger partial charge in [0, 0.05) is 36.7 Å². The average molecular weight is 291 g/mol. The van der Waals surface area contributed by atoms with Crippen molar-refractivity contribution in [3.05, 3.63) is 17.5 Å². The summed E-state index contributed by atoms with van der Waals surface area (Å²) < 4.78 is 5.34. The summed E-state index contributed by atoms with van der Waals surface area (Å²) in [6.07, 6.45) is 2.23. The zero-order valence-electron chi connectivity index (χ0n) is 13.3. The largest absolute Gasteiger partial charge is 0.360 e. The number of carbonyl (C=O) groups is 1. The van der Waals surface area contributed by atoms with E-state index in [0.717, 1.165) is 31.7 Å². The Hall–Kier alpha value is -1.36. The maximum atomic E-state index is 12.3. The molecular weight excluding hydrogens is 266 g/mol. The second-order valence-corrected chi connectivity index (χ2v) is 7.24. The van der Waals surface area contributed by atoms with Crippen LogP contribution in [0, 0.1) is 5.92 Å². The van der Waals surface area contributed by atoms with Gasteiger partial charge in [-0.1, -0.05) is 19.0 Å². The van der Waals surface area contributed by atoms with Crippen LogP contribution in [0.4, 0.5) is 0 Å². The highest BCUT2D eigenvalue weighted by Crippen LogP contribution is 2.47. The highest BCUT2D eigenvalue weighted by molar-refractivity contribution is 5.92. The number of nitrogens with zero attached hydrogens (tertiary/aromatic N) is 2. The molecular formula is C16H25N3O2. The molecule has 1 N–H and O–H groups in total. The quantitative estimate of drug-likeness (QED) is 0.924. The molecule has 1 aromatic heterocycles. The van der Waals surface area contributed by atoms with E-state index < -0.39 is 0 Å². The van der Waals surface area contributed by atoms with E-state index in [0.29, 0.717) is 17.7 Å². The number of aromatic nitrogens is 1. The Kier molecular flexibility index (Phi) is 3.56. The van der Waals surface area contributed by atoms with Gasteiger partial charge in [-0.2, -0.15) is 0 Å². The fraction of sp³-hybridized carbons (Fsp3) is 0.750. The number of carbonyl (C=O) groups excluding carboxylic acids is 1. The normalized spacial score (nSPS) is 28.0. The maximum Gasteiger partial charge on any atom is 0.273 e. The first-order valence-corrected chi connectivity index (χ1v) is 7.91. The fourth-order valence-corrected chi connectivity index (χ4v) is 2.96. The molecule has 0 aromatic carbocycles. The van der Waals surface area contributed by atoms with Gasteiger partial charge in [-0.05, 0) is 32.6 Å². The number of hydrogen-bond acceptors (Lipinski definition) is 4. The highest BCUT2D eigenvalue weighted by atomic mass is 16.5. The highest BCUT2D eigenvalue weighted by Gasteiger charge is 2.43. The maximum absolute atomic E-state index is 12.3. The van der Waals surface area contributed by atoms with Gasteiger partial charge in [0.1, 0.15) is 5.76 Å². The van der Waals surface area contributed by atoms with Crippen molar-refractivity contribution in [3.63, 3.8) is 0 Å². The molecule has 0 unspecified atom stereocenters. The minimum absolute atomic E-state index is 0.112. The molecule has 1 amide bonds. The molecule has 0 radical (unpaired) electrons. The van der Waals surface area contributed by atoms with Crippen molar-refractivity contribution in [1.29, 1.82) is 0 Å². The molecule has 5 nitrogen and oxygen atoms in total. The summed E-state index contributed by atoms with van der Waals surface area (Å²) in [5, 5.41) is 7.06. The Morgan fingerprint density at radius 1 is 1.48 bits per heavy atom. The molecule has 1 saturated carbocycles. The smallest absolute Gasteiger partial charge is 0.273 e. The van der Waals surface area contributed by atoms with E-state index in [9.17, 15) is 4.79 Å². The molecule has 5 heteroatoms. The van der Waals surface area contributed by atoms with Gasteiger partial charge in [0.2, 0.25) is 0 Å². The van der Waals surface area contributed by atoms with Crippen molar-refractivity contribution in [1.82, 2.24) is 15.4 Å². The van der Waals surface area contributed by atoms with Crippen LogP contribution in [0.1, 0.15) is 56.8 Å². The third kappa shape index (κ3) is 2.84. The summed E-state index contributed by atoms with van der Waals surface area (Å²) in [5.41, 5.74) is 0.522. The molecule has 2 atom stereocenters. The molecule has 2 aliphatic rings. The van der Waals surface area contributed by atoms with E-state index in [2.05, 4.69) is 43.1 Å². The van der Waals surface area contributed by atoms with Crippen LogP contribution < -0.4 is 5.32 Å². The van der Waals surface area contributed by atoms with E-state index in [-0.39, 0.29) is 17.4 Å². The molecule has 2 heterocycles. The summed E-state index contributed by atoms with van der Waals surface area (Å²) >= 11 is 0. The topological polar surface area (TPSA) is 58.4 Å². The van der Waals surface area contributed by atoms with Crippen molar-refractivity contribution in [3.8, 4) is 0 Å². The van der Waals surface area contributed by atoms with Gasteiger partial charge in [0.05, 0.1) is 0 Å². The van der Waals surface area contributed by atoms with Crippen molar-refractivity contribution in [2.75, 3.05) is 13.1 Å². The molecule has 3 rings (SSSR count). The second kappa shape index (κ2) is 5.13. The molecule has 0 bridgehead atoms. The van der Waals surface area contributed by atoms with Crippen LogP contribution >= 0.6 is 0 Å². The first-order chi connectivity index (χ1) is 9.89.